The quantitative estimate of drug-likeness (QED) is 0.781. The van der Waals surface area contributed by atoms with Gasteiger partial charge in [0.05, 0.1) is 0 Å². The Kier molecular flexibility index (Phi) is 5.03. The summed E-state index contributed by atoms with van der Waals surface area (Å²) >= 11 is 12.1. The van der Waals surface area contributed by atoms with Gasteiger partial charge in [-0.3, -0.25) is 0 Å². The van der Waals surface area contributed by atoms with Crippen LogP contribution in [0.2, 0.25) is 10.0 Å². The maximum absolute atomic E-state index is 13.2. The fourth-order valence-electron chi connectivity index (χ4n) is 2.19. The van der Waals surface area contributed by atoms with Crippen molar-refractivity contribution >= 4 is 23.2 Å². The highest BCUT2D eigenvalue weighted by Gasteiger charge is 2.14. The third-order valence-corrected chi connectivity index (χ3v) is 3.84. The predicted octanol–water partition coefficient (Wildman–Crippen LogP) is 5.54. The van der Waals surface area contributed by atoms with Crippen LogP contribution in [0.3, 0.4) is 0 Å². The van der Waals surface area contributed by atoms with E-state index in [9.17, 15) is 4.39 Å². The van der Waals surface area contributed by atoms with Crippen LogP contribution in [0.15, 0.2) is 42.5 Å². The van der Waals surface area contributed by atoms with E-state index >= 15 is 0 Å². The van der Waals surface area contributed by atoms with E-state index in [0.717, 1.165) is 11.1 Å². The third kappa shape index (κ3) is 3.72. The molecular weight excluding hydrogens is 296 g/mol. The molecule has 0 fully saturated rings. The van der Waals surface area contributed by atoms with E-state index in [4.69, 9.17) is 23.2 Å². The van der Waals surface area contributed by atoms with E-state index in [1.165, 1.54) is 12.1 Å². The lowest BCUT2D eigenvalue weighted by atomic mass is 10.0. The molecule has 0 spiro atoms. The Morgan fingerprint density at radius 3 is 2.40 bits per heavy atom. The van der Waals surface area contributed by atoms with Gasteiger partial charge in [-0.2, -0.15) is 0 Å². The van der Waals surface area contributed by atoms with Crippen molar-refractivity contribution in [3.63, 3.8) is 0 Å². The van der Waals surface area contributed by atoms with Gasteiger partial charge in [0.15, 0.2) is 0 Å². The number of halogens is 3. The van der Waals surface area contributed by atoms with Gasteiger partial charge in [0.1, 0.15) is 5.82 Å². The van der Waals surface area contributed by atoms with Crippen LogP contribution < -0.4 is 5.32 Å². The molecule has 0 amide bonds. The molecule has 106 valence electrons. The standard InChI is InChI=1S/C16H16Cl2FN/c1-10(12-4-3-5-14(19)8-12)20-11(2)15-7-6-13(17)9-16(15)18/h3-11,20H,1-2H3. The molecule has 0 aromatic heterocycles. The first kappa shape index (κ1) is 15.3. The van der Waals surface area contributed by atoms with E-state index in [-0.39, 0.29) is 17.9 Å². The first-order chi connectivity index (χ1) is 9.47. The molecule has 4 heteroatoms. The molecule has 2 unspecified atom stereocenters. The van der Waals surface area contributed by atoms with Gasteiger partial charge < -0.3 is 5.32 Å². The van der Waals surface area contributed by atoms with Gasteiger partial charge in [0, 0.05) is 22.1 Å². The summed E-state index contributed by atoms with van der Waals surface area (Å²) in [5.74, 6) is -0.228. The summed E-state index contributed by atoms with van der Waals surface area (Å²) in [4.78, 5) is 0. The number of nitrogens with one attached hydrogen (secondary N) is 1. The van der Waals surface area contributed by atoms with Gasteiger partial charge in [0.25, 0.3) is 0 Å². The average Bonchev–Trinajstić information content (AvgIpc) is 2.38. The zero-order chi connectivity index (χ0) is 14.7. The summed E-state index contributed by atoms with van der Waals surface area (Å²) in [5.41, 5.74) is 1.88. The monoisotopic (exact) mass is 311 g/mol. The summed E-state index contributed by atoms with van der Waals surface area (Å²) in [6.45, 7) is 4.01. The Morgan fingerprint density at radius 1 is 1.00 bits per heavy atom. The van der Waals surface area contributed by atoms with Gasteiger partial charge in [-0.05, 0) is 49.2 Å². The summed E-state index contributed by atoms with van der Waals surface area (Å²) in [6.07, 6.45) is 0. The molecule has 0 radical (unpaired) electrons. The fourth-order valence-corrected chi connectivity index (χ4v) is 2.76. The summed E-state index contributed by atoms with van der Waals surface area (Å²) in [7, 11) is 0. The number of hydrogen-bond acceptors (Lipinski definition) is 1. The molecule has 2 aromatic rings. The van der Waals surface area contributed by atoms with Crippen molar-refractivity contribution in [2.45, 2.75) is 25.9 Å². The molecule has 1 N–H and O–H groups in total. The molecule has 2 aromatic carbocycles. The van der Waals surface area contributed by atoms with E-state index in [1.54, 1.807) is 12.1 Å². The summed E-state index contributed by atoms with van der Waals surface area (Å²) in [6, 6.07) is 12.1. The highest BCUT2D eigenvalue weighted by atomic mass is 35.5. The smallest absolute Gasteiger partial charge is 0.123 e. The zero-order valence-corrected chi connectivity index (χ0v) is 12.8. The number of hydrogen-bond donors (Lipinski definition) is 1. The van der Waals surface area contributed by atoms with Crippen LogP contribution in [0, 0.1) is 5.82 Å². The fraction of sp³-hybridized carbons (Fsp3) is 0.250. The molecule has 2 atom stereocenters. The molecule has 0 aliphatic rings. The second-order valence-corrected chi connectivity index (χ2v) is 5.67. The molecule has 20 heavy (non-hydrogen) atoms. The molecule has 0 saturated heterocycles. The summed E-state index contributed by atoms with van der Waals surface area (Å²) < 4.78 is 13.2. The lowest BCUT2D eigenvalue weighted by molar-refractivity contribution is 0.492. The van der Waals surface area contributed by atoms with Crippen LogP contribution in [0.25, 0.3) is 0 Å². The van der Waals surface area contributed by atoms with Gasteiger partial charge in [-0.25, -0.2) is 4.39 Å². The molecule has 0 heterocycles. The van der Waals surface area contributed by atoms with Crippen molar-refractivity contribution in [2.75, 3.05) is 0 Å². The Bertz CT molecular complexity index is 601. The van der Waals surface area contributed by atoms with Crippen LogP contribution in [0.4, 0.5) is 4.39 Å². The van der Waals surface area contributed by atoms with E-state index in [2.05, 4.69) is 5.32 Å². The van der Waals surface area contributed by atoms with Crippen LogP contribution in [0.5, 0.6) is 0 Å². The predicted molar refractivity (Wildman–Crippen MR) is 82.8 cm³/mol. The van der Waals surface area contributed by atoms with Gasteiger partial charge in [0.2, 0.25) is 0 Å². The SMILES string of the molecule is CC(NC(C)c1ccc(Cl)cc1Cl)c1cccc(F)c1. The van der Waals surface area contributed by atoms with E-state index < -0.39 is 0 Å². The van der Waals surface area contributed by atoms with Crippen molar-refractivity contribution in [1.29, 1.82) is 0 Å². The molecule has 0 aliphatic carbocycles. The largest absolute Gasteiger partial charge is 0.304 e. The van der Waals surface area contributed by atoms with Gasteiger partial charge in [-0.1, -0.05) is 41.4 Å². The third-order valence-electron chi connectivity index (χ3n) is 3.28. The zero-order valence-electron chi connectivity index (χ0n) is 11.3. The highest BCUT2D eigenvalue weighted by Crippen LogP contribution is 2.28. The number of rotatable bonds is 4. The van der Waals surface area contributed by atoms with Crippen LogP contribution in [-0.2, 0) is 0 Å². The Labute approximate surface area is 128 Å². The van der Waals surface area contributed by atoms with Gasteiger partial charge >= 0.3 is 0 Å². The number of benzene rings is 2. The average molecular weight is 312 g/mol. The van der Waals surface area contributed by atoms with Crippen molar-refractivity contribution < 1.29 is 4.39 Å². The topological polar surface area (TPSA) is 12.0 Å². The van der Waals surface area contributed by atoms with E-state index in [1.807, 2.05) is 32.0 Å². The molecular formula is C16H16Cl2FN. The highest BCUT2D eigenvalue weighted by molar-refractivity contribution is 6.35. The Hall–Kier alpha value is -1.09. The Balaban J connectivity index is 2.12. The lowest BCUT2D eigenvalue weighted by Gasteiger charge is -2.21. The van der Waals surface area contributed by atoms with E-state index in [0.29, 0.717) is 10.0 Å². The van der Waals surface area contributed by atoms with Crippen LogP contribution in [-0.4, -0.2) is 0 Å². The molecule has 0 aliphatic heterocycles. The van der Waals surface area contributed by atoms with Gasteiger partial charge in [-0.15, -0.1) is 0 Å². The molecule has 2 rings (SSSR count). The second-order valence-electron chi connectivity index (χ2n) is 4.83. The maximum atomic E-state index is 13.2. The summed E-state index contributed by atoms with van der Waals surface area (Å²) in [5, 5.41) is 4.65. The normalized spacial score (nSPS) is 14.1. The second kappa shape index (κ2) is 6.57. The lowest BCUT2D eigenvalue weighted by Crippen LogP contribution is -2.22. The Morgan fingerprint density at radius 2 is 1.75 bits per heavy atom. The molecule has 0 bridgehead atoms. The first-order valence-electron chi connectivity index (χ1n) is 6.44. The van der Waals surface area contributed by atoms with Crippen molar-refractivity contribution in [3.8, 4) is 0 Å². The minimum absolute atomic E-state index is 0.0208. The minimum Gasteiger partial charge on any atom is -0.304 e. The first-order valence-corrected chi connectivity index (χ1v) is 7.19. The molecule has 1 nitrogen and oxygen atoms in total. The van der Waals surface area contributed by atoms with Crippen molar-refractivity contribution in [3.05, 3.63) is 69.5 Å². The van der Waals surface area contributed by atoms with Crippen LogP contribution in [0.1, 0.15) is 37.1 Å². The maximum Gasteiger partial charge on any atom is 0.123 e. The molecule has 0 saturated carbocycles. The minimum atomic E-state index is -0.228. The van der Waals surface area contributed by atoms with Crippen molar-refractivity contribution in [2.24, 2.45) is 0 Å². The van der Waals surface area contributed by atoms with Crippen LogP contribution >= 0.6 is 23.2 Å². The van der Waals surface area contributed by atoms with Crippen molar-refractivity contribution in [1.82, 2.24) is 5.32 Å².